The fourth-order valence-corrected chi connectivity index (χ4v) is 1.65. The monoisotopic (exact) mass is 238 g/mol. The van der Waals surface area contributed by atoms with Crippen molar-refractivity contribution in [3.05, 3.63) is 27.7 Å². The van der Waals surface area contributed by atoms with Crippen LogP contribution in [-0.4, -0.2) is 16.1 Å². The summed E-state index contributed by atoms with van der Waals surface area (Å²) in [5.41, 5.74) is 1.18. The van der Waals surface area contributed by atoms with Gasteiger partial charge in [-0.2, -0.15) is 5.26 Å². The van der Waals surface area contributed by atoms with Crippen LogP contribution >= 0.6 is 11.3 Å². The molecule has 0 aliphatic rings. The predicted octanol–water partition coefficient (Wildman–Crippen LogP) is 2.80. The van der Waals surface area contributed by atoms with Crippen molar-refractivity contribution in [2.45, 2.75) is 27.2 Å². The van der Waals surface area contributed by atoms with E-state index in [9.17, 15) is 4.79 Å². The van der Waals surface area contributed by atoms with Crippen molar-refractivity contribution in [2.24, 2.45) is 0 Å². The van der Waals surface area contributed by atoms with Gasteiger partial charge in [0.15, 0.2) is 0 Å². The van der Waals surface area contributed by atoms with Gasteiger partial charge in [-0.05, 0) is 20.3 Å². The standard InChI is InChI=1S/C7H9NO2S.C4H5N/c1-3-5-8-4(2)6(11-5)7(9)10;1-4(2)3-5/h3H2,1-2H3,(H,9,10);1H2,2H3. The van der Waals surface area contributed by atoms with E-state index in [-0.39, 0.29) is 0 Å². The van der Waals surface area contributed by atoms with Gasteiger partial charge in [0.1, 0.15) is 4.88 Å². The largest absolute Gasteiger partial charge is 0.477 e. The lowest BCUT2D eigenvalue weighted by Gasteiger charge is -1.84. The number of carboxylic acid groups (broad SMARTS) is 1. The van der Waals surface area contributed by atoms with E-state index < -0.39 is 5.97 Å². The Kier molecular flexibility index (Phi) is 6.04. The summed E-state index contributed by atoms with van der Waals surface area (Å²) in [6, 6.07) is 1.83. The van der Waals surface area contributed by atoms with Gasteiger partial charge in [0.2, 0.25) is 0 Å². The molecule has 0 aromatic carbocycles. The molecule has 0 saturated heterocycles. The Morgan fingerprint density at radius 2 is 2.19 bits per heavy atom. The third-order valence-corrected chi connectivity index (χ3v) is 2.82. The number of aromatic carboxylic acids is 1. The van der Waals surface area contributed by atoms with Crippen molar-refractivity contribution in [2.75, 3.05) is 0 Å². The number of nitriles is 1. The molecule has 0 aliphatic carbocycles. The molecular weight excluding hydrogens is 224 g/mol. The maximum absolute atomic E-state index is 10.5. The summed E-state index contributed by atoms with van der Waals surface area (Å²) >= 11 is 1.26. The topological polar surface area (TPSA) is 74.0 Å². The summed E-state index contributed by atoms with van der Waals surface area (Å²) in [7, 11) is 0. The molecule has 0 radical (unpaired) electrons. The molecule has 1 aromatic heterocycles. The summed E-state index contributed by atoms with van der Waals surface area (Å²) in [5.74, 6) is -0.875. The van der Waals surface area contributed by atoms with Crippen LogP contribution in [0.25, 0.3) is 0 Å². The molecule has 5 heteroatoms. The maximum atomic E-state index is 10.5. The molecule has 0 spiro atoms. The minimum absolute atomic E-state index is 0.363. The Morgan fingerprint density at radius 1 is 1.69 bits per heavy atom. The lowest BCUT2D eigenvalue weighted by Crippen LogP contribution is -1.94. The molecule has 1 heterocycles. The first-order chi connectivity index (χ1) is 7.42. The minimum Gasteiger partial charge on any atom is -0.477 e. The zero-order valence-corrected chi connectivity index (χ0v) is 10.4. The molecule has 0 saturated carbocycles. The van der Waals surface area contributed by atoms with E-state index in [1.54, 1.807) is 13.8 Å². The van der Waals surface area contributed by atoms with E-state index in [2.05, 4.69) is 11.6 Å². The highest BCUT2D eigenvalue weighted by molar-refractivity contribution is 7.13. The van der Waals surface area contributed by atoms with Crippen molar-refractivity contribution in [1.29, 1.82) is 5.26 Å². The van der Waals surface area contributed by atoms with Crippen molar-refractivity contribution >= 4 is 17.3 Å². The van der Waals surface area contributed by atoms with Crippen LogP contribution in [0, 0.1) is 18.3 Å². The number of aromatic nitrogens is 1. The molecule has 1 N–H and O–H groups in total. The van der Waals surface area contributed by atoms with Crippen molar-refractivity contribution in [3.8, 4) is 6.07 Å². The summed E-state index contributed by atoms with van der Waals surface area (Å²) in [6.07, 6.45) is 0.804. The second kappa shape index (κ2) is 6.75. The lowest BCUT2D eigenvalue weighted by molar-refractivity contribution is 0.0701. The molecule has 0 fully saturated rings. The van der Waals surface area contributed by atoms with Gasteiger partial charge in [-0.1, -0.05) is 13.5 Å². The number of hydrogen-bond acceptors (Lipinski definition) is 4. The van der Waals surface area contributed by atoms with Gasteiger partial charge in [0.25, 0.3) is 0 Å². The number of rotatable bonds is 2. The summed E-state index contributed by atoms with van der Waals surface area (Å²) in [4.78, 5) is 15.0. The van der Waals surface area contributed by atoms with Gasteiger partial charge in [0.05, 0.1) is 16.8 Å². The molecule has 0 amide bonds. The Balaban J connectivity index is 0.000000385. The van der Waals surface area contributed by atoms with E-state index >= 15 is 0 Å². The van der Waals surface area contributed by atoms with E-state index in [4.69, 9.17) is 10.4 Å². The second-order valence-electron chi connectivity index (χ2n) is 3.07. The quantitative estimate of drug-likeness (QED) is 0.804. The zero-order valence-electron chi connectivity index (χ0n) is 9.57. The van der Waals surface area contributed by atoms with Gasteiger partial charge in [-0.15, -0.1) is 11.3 Å². The Bertz CT molecular complexity index is 430. The number of nitrogens with zero attached hydrogens (tertiary/aromatic N) is 2. The van der Waals surface area contributed by atoms with Crippen molar-refractivity contribution in [3.63, 3.8) is 0 Å². The van der Waals surface area contributed by atoms with Crippen LogP contribution in [0.1, 0.15) is 34.2 Å². The lowest BCUT2D eigenvalue weighted by atomic mass is 10.4. The molecular formula is C11H14N2O2S. The molecule has 0 atom stereocenters. The Hall–Kier alpha value is -1.67. The first-order valence-electron chi connectivity index (χ1n) is 4.67. The van der Waals surface area contributed by atoms with Crippen molar-refractivity contribution < 1.29 is 9.90 Å². The highest BCUT2D eigenvalue weighted by Gasteiger charge is 2.12. The van der Waals surface area contributed by atoms with Gasteiger partial charge in [0, 0.05) is 5.57 Å². The average molecular weight is 238 g/mol. The molecule has 1 rings (SSSR count). The van der Waals surface area contributed by atoms with Gasteiger partial charge in [-0.3, -0.25) is 0 Å². The Morgan fingerprint density at radius 3 is 2.38 bits per heavy atom. The number of hydrogen-bond donors (Lipinski definition) is 1. The van der Waals surface area contributed by atoms with E-state index in [1.807, 2.05) is 13.0 Å². The Labute approximate surface area is 98.9 Å². The maximum Gasteiger partial charge on any atom is 0.347 e. The van der Waals surface area contributed by atoms with Crippen LogP contribution in [0.15, 0.2) is 12.2 Å². The van der Waals surface area contributed by atoms with E-state index in [1.165, 1.54) is 11.3 Å². The first-order valence-corrected chi connectivity index (χ1v) is 5.49. The smallest absolute Gasteiger partial charge is 0.347 e. The minimum atomic E-state index is -0.875. The number of carbonyl (C=O) groups is 1. The van der Waals surface area contributed by atoms with Crippen LogP contribution in [-0.2, 0) is 6.42 Å². The molecule has 4 nitrogen and oxygen atoms in total. The fourth-order valence-electron chi connectivity index (χ4n) is 0.802. The van der Waals surface area contributed by atoms with E-state index in [0.29, 0.717) is 16.1 Å². The highest BCUT2D eigenvalue weighted by atomic mass is 32.1. The van der Waals surface area contributed by atoms with Gasteiger partial charge < -0.3 is 5.11 Å². The highest BCUT2D eigenvalue weighted by Crippen LogP contribution is 2.17. The third-order valence-electron chi connectivity index (χ3n) is 1.53. The third kappa shape index (κ3) is 4.71. The predicted molar refractivity (Wildman–Crippen MR) is 63.6 cm³/mol. The molecule has 0 aliphatic heterocycles. The molecule has 16 heavy (non-hydrogen) atoms. The zero-order chi connectivity index (χ0) is 12.7. The number of aryl methyl sites for hydroxylation is 2. The number of thiazole rings is 1. The molecule has 1 aromatic rings. The van der Waals surface area contributed by atoms with Gasteiger partial charge >= 0.3 is 5.97 Å². The average Bonchev–Trinajstić information content (AvgIpc) is 2.60. The molecule has 0 bridgehead atoms. The van der Waals surface area contributed by atoms with E-state index in [0.717, 1.165) is 11.4 Å². The molecule has 0 unspecified atom stereocenters. The summed E-state index contributed by atoms with van der Waals surface area (Å²) in [5, 5.41) is 17.3. The van der Waals surface area contributed by atoms with Crippen LogP contribution < -0.4 is 0 Å². The normalized spacial score (nSPS) is 8.62. The SMILES string of the molecule is C=C(C)C#N.CCc1nc(C)c(C(=O)O)s1. The summed E-state index contributed by atoms with van der Waals surface area (Å²) < 4.78 is 0. The second-order valence-corrected chi connectivity index (χ2v) is 4.16. The van der Waals surface area contributed by atoms with Crippen LogP contribution in [0.2, 0.25) is 0 Å². The summed E-state index contributed by atoms with van der Waals surface area (Å²) in [6.45, 7) is 8.66. The van der Waals surface area contributed by atoms with Crippen LogP contribution in [0.3, 0.4) is 0 Å². The van der Waals surface area contributed by atoms with Crippen LogP contribution in [0.5, 0.6) is 0 Å². The van der Waals surface area contributed by atoms with Crippen molar-refractivity contribution in [1.82, 2.24) is 4.98 Å². The van der Waals surface area contributed by atoms with Gasteiger partial charge in [-0.25, -0.2) is 9.78 Å². The molecule has 86 valence electrons. The van der Waals surface area contributed by atoms with Crippen LogP contribution in [0.4, 0.5) is 0 Å². The number of carboxylic acids is 1. The number of allylic oxidation sites excluding steroid dienone is 1. The fraction of sp³-hybridized carbons (Fsp3) is 0.364. The first kappa shape index (κ1) is 14.3.